The van der Waals surface area contributed by atoms with E-state index < -0.39 is 5.76 Å². The van der Waals surface area contributed by atoms with Crippen molar-refractivity contribution in [2.24, 2.45) is 5.73 Å². The van der Waals surface area contributed by atoms with Crippen molar-refractivity contribution in [3.63, 3.8) is 0 Å². The minimum Gasteiger partial charge on any atom is -0.324 e. The van der Waals surface area contributed by atoms with E-state index in [9.17, 15) is 8.78 Å². The third-order valence-electron chi connectivity index (χ3n) is 3.70. The minimum absolute atomic E-state index is 0.0647. The molecule has 3 rings (SSSR count). The van der Waals surface area contributed by atoms with Crippen molar-refractivity contribution in [1.82, 2.24) is 4.57 Å². The lowest BCUT2D eigenvalue weighted by molar-refractivity contribution is 0.252. The highest BCUT2D eigenvalue weighted by Crippen LogP contribution is 2.35. The zero-order chi connectivity index (χ0) is 14.1. The van der Waals surface area contributed by atoms with Crippen LogP contribution in [0, 0.1) is 0 Å². The number of fused-ring (bicyclic) bond motifs is 1. The van der Waals surface area contributed by atoms with Crippen molar-refractivity contribution in [2.75, 3.05) is 0 Å². The highest BCUT2D eigenvalue weighted by molar-refractivity contribution is 7.99. The van der Waals surface area contributed by atoms with E-state index in [1.165, 1.54) is 0 Å². The molecule has 1 aliphatic carbocycles. The maximum Gasteiger partial charge on any atom is 0.288 e. The number of hydrogen-bond acceptors (Lipinski definition) is 2. The van der Waals surface area contributed by atoms with E-state index in [-0.39, 0.29) is 6.04 Å². The number of nitrogens with two attached hydrogens (primary N) is 1. The van der Waals surface area contributed by atoms with Gasteiger partial charge in [0.05, 0.1) is 5.69 Å². The van der Waals surface area contributed by atoms with Gasteiger partial charge in [0.1, 0.15) is 0 Å². The van der Waals surface area contributed by atoms with Gasteiger partial charge in [0.15, 0.2) is 0 Å². The average Bonchev–Trinajstić information content (AvgIpc) is 2.84. The molecule has 0 saturated carbocycles. The molecular formula is C15H16F2N2S. The van der Waals surface area contributed by atoms with Crippen molar-refractivity contribution >= 4 is 11.8 Å². The van der Waals surface area contributed by atoms with Crippen LogP contribution in [0.3, 0.4) is 0 Å². The molecule has 1 unspecified atom stereocenters. The molecule has 1 atom stereocenters. The Labute approximate surface area is 121 Å². The first-order valence-electron chi connectivity index (χ1n) is 6.66. The summed E-state index contributed by atoms with van der Waals surface area (Å²) in [6.45, 7) is 0. The van der Waals surface area contributed by atoms with Gasteiger partial charge in [-0.15, -0.1) is 0 Å². The van der Waals surface area contributed by atoms with Crippen molar-refractivity contribution in [2.45, 2.75) is 36.0 Å². The molecule has 1 aliphatic rings. The van der Waals surface area contributed by atoms with Crippen LogP contribution in [0.15, 0.2) is 41.4 Å². The van der Waals surface area contributed by atoms with Crippen LogP contribution >= 0.6 is 11.8 Å². The third kappa shape index (κ3) is 2.47. The first-order valence-corrected chi connectivity index (χ1v) is 7.54. The lowest BCUT2D eigenvalue weighted by Gasteiger charge is -2.21. The third-order valence-corrected chi connectivity index (χ3v) is 4.47. The number of rotatable bonds is 3. The SMILES string of the molecule is NC1CCCc2c1ccn2-c1ccccc1SC(F)F. The second-order valence-electron chi connectivity index (χ2n) is 4.93. The van der Waals surface area contributed by atoms with Gasteiger partial charge in [-0.1, -0.05) is 23.9 Å². The molecule has 0 radical (unpaired) electrons. The number of para-hydroxylation sites is 1. The van der Waals surface area contributed by atoms with Gasteiger partial charge in [-0.3, -0.25) is 0 Å². The first-order chi connectivity index (χ1) is 9.66. The Morgan fingerprint density at radius 3 is 2.85 bits per heavy atom. The van der Waals surface area contributed by atoms with E-state index in [0.29, 0.717) is 16.7 Å². The number of alkyl halides is 2. The molecule has 1 aromatic carbocycles. The molecule has 1 aromatic heterocycles. The smallest absolute Gasteiger partial charge is 0.288 e. The fraction of sp³-hybridized carbons (Fsp3) is 0.333. The normalized spacial score (nSPS) is 18.3. The Kier molecular flexibility index (Phi) is 3.81. The molecule has 2 N–H and O–H groups in total. The van der Waals surface area contributed by atoms with Crippen LogP contribution in [-0.4, -0.2) is 10.3 Å². The monoisotopic (exact) mass is 294 g/mol. The van der Waals surface area contributed by atoms with Gasteiger partial charge in [0.25, 0.3) is 5.76 Å². The summed E-state index contributed by atoms with van der Waals surface area (Å²) in [5.41, 5.74) is 9.24. The summed E-state index contributed by atoms with van der Waals surface area (Å²) >= 11 is 0.589. The number of aromatic nitrogens is 1. The molecule has 5 heteroatoms. The fourth-order valence-corrected chi connectivity index (χ4v) is 3.44. The molecule has 0 spiro atoms. The number of thioether (sulfide) groups is 1. The summed E-state index contributed by atoms with van der Waals surface area (Å²) in [5, 5.41) is 0. The van der Waals surface area contributed by atoms with Crippen molar-refractivity contribution in [3.05, 3.63) is 47.8 Å². The Balaban J connectivity index is 2.06. The number of halogens is 2. The Morgan fingerprint density at radius 1 is 1.25 bits per heavy atom. The maximum absolute atomic E-state index is 12.7. The molecule has 0 saturated heterocycles. The molecule has 2 nitrogen and oxygen atoms in total. The Morgan fingerprint density at radius 2 is 2.05 bits per heavy atom. The Hall–Kier alpha value is -1.33. The number of nitrogens with zero attached hydrogens (tertiary/aromatic N) is 1. The predicted molar refractivity (Wildman–Crippen MR) is 77.5 cm³/mol. The molecular weight excluding hydrogens is 278 g/mol. The van der Waals surface area contributed by atoms with Crippen molar-refractivity contribution in [1.29, 1.82) is 0 Å². The summed E-state index contributed by atoms with van der Waals surface area (Å²) in [7, 11) is 0. The summed E-state index contributed by atoms with van der Waals surface area (Å²) in [4.78, 5) is 0.597. The van der Waals surface area contributed by atoms with Crippen LogP contribution in [0.4, 0.5) is 8.78 Å². The van der Waals surface area contributed by atoms with E-state index in [1.807, 2.05) is 29.0 Å². The minimum atomic E-state index is -2.41. The molecule has 0 aliphatic heterocycles. The van der Waals surface area contributed by atoms with Gasteiger partial charge < -0.3 is 10.3 Å². The van der Waals surface area contributed by atoms with Crippen LogP contribution in [0.1, 0.15) is 30.1 Å². The van der Waals surface area contributed by atoms with Crippen LogP contribution in [0.2, 0.25) is 0 Å². The second kappa shape index (κ2) is 5.58. The van der Waals surface area contributed by atoms with Crippen LogP contribution in [-0.2, 0) is 6.42 Å². The molecule has 20 heavy (non-hydrogen) atoms. The first kappa shape index (κ1) is 13.6. The van der Waals surface area contributed by atoms with Gasteiger partial charge in [-0.05, 0) is 43.0 Å². The van der Waals surface area contributed by atoms with Gasteiger partial charge in [-0.25, -0.2) is 0 Å². The quantitative estimate of drug-likeness (QED) is 0.863. The van der Waals surface area contributed by atoms with Crippen LogP contribution < -0.4 is 5.73 Å². The summed E-state index contributed by atoms with van der Waals surface area (Å²) in [6, 6.07) is 9.36. The number of hydrogen-bond donors (Lipinski definition) is 1. The highest BCUT2D eigenvalue weighted by Gasteiger charge is 2.22. The average molecular weight is 294 g/mol. The zero-order valence-electron chi connectivity index (χ0n) is 10.9. The topological polar surface area (TPSA) is 30.9 Å². The van der Waals surface area contributed by atoms with Gasteiger partial charge >= 0.3 is 0 Å². The summed E-state index contributed by atoms with van der Waals surface area (Å²) < 4.78 is 27.4. The van der Waals surface area contributed by atoms with Gasteiger partial charge in [-0.2, -0.15) is 8.78 Å². The lowest BCUT2D eigenvalue weighted by atomic mass is 9.93. The molecule has 0 fully saturated rings. The van der Waals surface area contributed by atoms with Crippen molar-refractivity contribution in [3.8, 4) is 5.69 Å². The lowest BCUT2D eigenvalue weighted by Crippen LogP contribution is -2.18. The number of benzene rings is 1. The van der Waals surface area contributed by atoms with Crippen molar-refractivity contribution < 1.29 is 8.78 Å². The predicted octanol–water partition coefficient (Wildman–Crippen LogP) is 4.13. The van der Waals surface area contributed by atoms with Crippen LogP contribution in [0.25, 0.3) is 5.69 Å². The Bertz CT molecular complexity index is 610. The molecule has 0 bridgehead atoms. The summed E-state index contributed by atoms with van der Waals surface area (Å²) in [5.74, 6) is -2.41. The van der Waals surface area contributed by atoms with Gasteiger partial charge in [0.2, 0.25) is 0 Å². The van der Waals surface area contributed by atoms with Gasteiger partial charge in [0, 0.05) is 22.8 Å². The molecule has 106 valence electrons. The molecule has 2 aromatic rings. The van der Waals surface area contributed by atoms with E-state index in [0.717, 1.165) is 36.2 Å². The molecule has 1 heterocycles. The van der Waals surface area contributed by atoms with E-state index in [1.54, 1.807) is 12.1 Å². The largest absolute Gasteiger partial charge is 0.324 e. The van der Waals surface area contributed by atoms with E-state index in [4.69, 9.17) is 5.73 Å². The second-order valence-corrected chi connectivity index (χ2v) is 5.96. The standard InChI is InChI=1S/C15H16F2N2S/c16-15(17)20-14-7-2-1-5-13(14)19-9-8-10-11(18)4-3-6-12(10)19/h1-2,5,7-9,11,15H,3-4,6,18H2. The fourth-order valence-electron chi connectivity index (χ4n) is 2.80. The maximum atomic E-state index is 12.7. The highest BCUT2D eigenvalue weighted by atomic mass is 32.2. The molecule has 0 amide bonds. The summed E-state index contributed by atoms with van der Waals surface area (Å²) in [6.07, 6.45) is 4.93. The zero-order valence-corrected chi connectivity index (χ0v) is 11.7. The van der Waals surface area contributed by atoms with E-state index in [2.05, 4.69) is 0 Å². The van der Waals surface area contributed by atoms with Crippen LogP contribution in [0.5, 0.6) is 0 Å². The van der Waals surface area contributed by atoms with E-state index >= 15 is 0 Å².